The maximum Gasteiger partial charge on any atom is 0.0784 e. The van der Waals surface area contributed by atoms with Crippen molar-refractivity contribution in [2.75, 3.05) is 0 Å². The van der Waals surface area contributed by atoms with Crippen LogP contribution in [0, 0.1) is 0 Å². The van der Waals surface area contributed by atoms with Gasteiger partial charge >= 0.3 is 0 Å². The fraction of sp³-hybridized carbons (Fsp3) is 0.182. The maximum atomic E-state index is 5.98. The summed E-state index contributed by atoms with van der Waals surface area (Å²) in [6.45, 7) is 3.02. The minimum Gasteiger partial charge on any atom is -0.312 e. The SMILES string of the molecule is CC(NCc1ccccc1)c1cccc(Cl)c1.NC(N)c1ccccc1. The molecule has 0 aliphatic carbocycles. The van der Waals surface area contributed by atoms with Crippen LogP contribution in [0.2, 0.25) is 5.02 Å². The molecule has 0 aliphatic rings. The van der Waals surface area contributed by atoms with Crippen molar-refractivity contribution in [3.05, 3.63) is 107 Å². The first-order valence-electron chi connectivity index (χ1n) is 8.65. The lowest BCUT2D eigenvalue weighted by Crippen LogP contribution is -2.19. The zero-order valence-electron chi connectivity index (χ0n) is 15.0. The Balaban J connectivity index is 0.000000228. The Hall–Kier alpha value is -2.17. The molecule has 3 aromatic rings. The van der Waals surface area contributed by atoms with Gasteiger partial charge in [0.25, 0.3) is 0 Å². The van der Waals surface area contributed by atoms with Crippen LogP contribution >= 0.6 is 11.6 Å². The average Bonchev–Trinajstić information content (AvgIpc) is 2.68. The van der Waals surface area contributed by atoms with Gasteiger partial charge in [0, 0.05) is 17.6 Å². The van der Waals surface area contributed by atoms with Crippen molar-refractivity contribution in [1.29, 1.82) is 0 Å². The number of halogens is 1. The van der Waals surface area contributed by atoms with E-state index in [1.807, 2.05) is 54.6 Å². The van der Waals surface area contributed by atoms with Gasteiger partial charge in [0.15, 0.2) is 0 Å². The van der Waals surface area contributed by atoms with Crippen LogP contribution in [0.3, 0.4) is 0 Å². The van der Waals surface area contributed by atoms with Gasteiger partial charge in [-0.25, -0.2) is 0 Å². The van der Waals surface area contributed by atoms with Crippen LogP contribution in [0.1, 0.15) is 35.8 Å². The van der Waals surface area contributed by atoms with E-state index in [0.29, 0.717) is 6.04 Å². The van der Waals surface area contributed by atoms with E-state index in [2.05, 4.69) is 42.6 Å². The highest BCUT2D eigenvalue weighted by Crippen LogP contribution is 2.17. The summed E-state index contributed by atoms with van der Waals surface area (Å²) in [5.74, 6) is 0. The van der Waals surface area contributed by atoms with Crippen molar-refractivity contribution in [3.63, 3.8) is 0 Å². The van der Waals surface area contributed by atoms with E-state index in [1.165, 1.54) is 11.1 Å². The molecule has 3 nitrogen and oxygen atoms in total. The molecule has 0 fully saturated rings. The second-order valence-corrected chi connectivity index (χ2v) is 6.52. The Labute approximate surface area is 161 Å². The van der Waals surface area contributed by atoms with Crippen LogP contribution < -0.4 is 16.8 Å². The molecule has 0 heterocycles. The molecule has 1 atom stereocenters. The van der Waals surface area contributed by atoms with Crippen LogP contribution in [-0.4, -0.2) is 0 Å². The van der Waals surface area contributed by atoms with Crippen molar-refractivity contribution in [3.8, 4) is 0 Å². The first kappa shape index (κ1) is 20.1. The van der Waals surface area contributed by atoms with E-state index < -0.39 is 0 Å². The molecule has 0 bridgehead atoms. The summed E-state index contributed by atoms with van der Waals surface area (Å²) < 4.78 is 0. The number of hydrogen-bond acceptors (Lipinski definition) is 3. The predicted octanol–water partition coefficient (Wildman–Crippen LogP) is 4.79. The molecule has 136 valence electrons. The van der Waals surface area contributed by atoms with Crippen molar-refractivity contribution in [2.24, 2.45) is 11.5 Å². The molecule has 26 heavy (non-hydrogen) atoms. The molecule has 4 heteroatoms. The largest absolute Gasteiger partial charge is 0.312 e. The zero-order valence-corrected chi connectivity index (χ0v) is 15.7. The standard InChI is InChI=1S/C15H16ClN.C7H10N2/c1-12(14-8-5-9-15(16)10-14)17-11-13-6-3-2-4-7-13;8-7(9)6-4-2-1-3-5-6/h2-10,12,17H,11H2,1H3;1-5,7H,8-9H2. The quantitative estimate of drug-likeness (QED) is 0.568. The van der Waals surface area contributed by atoms with Gasteiger partial charge in [-0.15, -0.1) is 0 Å². The highest BCUT2D eigenvalue weighted by atomic mass is 35.5. The summed E-state index contributed by atoms with van der Waals surface area (Å²) in [5.41, 5.74) is 14.3. The normalized spacial score (nSPS) is 11.6. The monoisotopic (exact) mass is 367 g/mol. The van der Waals surface area contributed by atoms with Crippen LogP contribution in [0.15, 0.2) is 84.9 Å². The Kier molecular flexibility index (Phi) is 8.32. The second kappa shape index (κ2) is 10.7. The lowest BCUT2D eigenvalue weighted by Gasteiger charge is -2.14. The molecule has 0 saturated heterocycles. The molecule has 0 aromatic heterocycles. The topological polar surface area (TPSA) is 64.1 Å². The smallest absolute Gasteiger partial charge is 0.0784 e. The third-order valence-electron chi connectivity index (χ3n) is 3.99. The maximum absolute atomic E-state index is 5.98. The molecule has 0 aliphatic heterocycles. The lowest BCUT2D eigenvalue weighted by atomic mass is 10.1. The predicted molar refractivity (Wildman–Crippen MR) is 111 cm³/mol. The number of benzene rings is 3. The molecular formula is C22H26ClN3. The Bertz CT molecular complexity index is 761. The third-order valence-corrected chi connectivity index (χ3v) is 4.22. The van der Waals surface area contributed by atoms with Gasteiger partial charge in [0.1, 0.15) is 0 Å². The van der Waals surface area contributed by atoms with Gasteiger partial charge in [0.2, 0.25) is 0 Å². The van der Waals surface area contributed by atoms with Gasteiger partial charge in [0.05, 0.1) is 6.17 Å². The Morgan fingerprint density at radius 1 is 0.808 bits per heavy atom. The molecule has 0 spiro atoms. The summed E-state index contributed by atoms with van der Waals surface area (Å²) in [6, 6.07) is 28.3. The third kappa shape index (κ3) is 6.98. The lowest BCUT2D eigenvalue weighted by molar-refractivity contribution is 0.575. The van der Waals surface area contributed by atoms with Crippen LogP contribution in [0.25, 0.3) is 0 Å². The summed E-state index contributed by atoms with van der Waals surface area (Å²) >= 11 is 5.98. The molecule has 3 rings (SSSR count). The average molecular weight is 368 g/mol. The van der Waals surface area contributed by atoms with Crippen LogP contribution in [0.4, 0.5) is 0 Å². The minimum atomic E-state index is -0.341. The van der Waals surface area contributed by atoms with Crippen LogP contribution in [0.5, 0.6) is 0 Å². The molecule has 0 radical (unpaired) electrons. The van der Waals surface area contributed by atoms with E-state index in [4.69, 9.17) is 23.1 Å². The van der Waals surface area contributed by atoms with Gasteiger partial charge in [-0.1, -0.05) is 84.4 Å². The van der Waals surface area contributed by atoms with Gasteiger partial charge in [-0.2, -0.15) is 0 Å². The molecular weight excluding hydrogens is 342 g/mol. The first-order chi connectivity index (χ1) is 12.6. The molecule has 0 saturated carbocycles. The first-order valence-corrected chi connectivity index (χ1v) is 9.03. The second-order valence-electron chi connectivity index (χ2n) is 6.08. The zero-order chi connectivity index (χ0) is 18.8. The minimum absolute atomic E-state index is 0.300. The van der Waals surface area contributed by atoms with Gasteiger partial charge in [-0.05, 0) is 35.7 Å². The number of nitrogens with one attached hydrogen (secondary N) is 1. The van der Waals surface area contributed by atoms with Crippen molar-refractivity contribution in [2.45, 2.75) is 25.7 Å². The van der Waals surface area contributed by atoms with Crippen molar-refractivity contribution < 1.29 is 0 Å². The fourth-order valence-corrected chi connectivity index (χ4v) is 2.63. The molecule has 1 unspecified atom stereocenters. The van der Waals surface area contributed by atoms with Crippen LogP contribution in [-0.2, 0) is 6.54 Å². The molecule has 5 N–H and O–H groups in total. The van der Waals surface area contributed by atoms with E-state index in [1.54, 1.807) is 0 Å². The highest BCUT2D eigenvalue weighted by molar-refractivity contribution is 6.30. The van der Waals surface area contributed by atoms with Crippen molar-refractivity contribution >= 4 is 11.6 Å². The Morgan fingerprint density at radius 3 is 1.92 bits per heavy atom. The van der Waals surface area contributed by atoms with Crippen molar-refractivity contribution in [1.82, 2.24) is 5.32 Å². The van der Waals surface area contributed by atoms with E-state index in [-0.39, 0.29) is 6.17 Å². The van der Waals surface area contributed by atoms with E-state index >= 15 is 0 Å². The molecule has 0 amide bonds. The number of rotatable bonds is 5. The van der Waals surface area contributed by atoms with E-state index in [0.717, 1.165) is 17.1 Å². The van der Waals surface area contributed by atoms with Gasteiger partial charge in [-0.3, -0.25) is 0 Å². The van der Waals surface area contributed by atoms with E-state index in [9.17, 15) is 0 Å². The number of hydrogen-bond donors (Lipinski definition) is 3. The summed E-state index contributed by atoms with van der Waals surface area (Å²) in [7, 11) is 0. The highest BCUT2D eigenvalue weighted by Gasteiger charge is 2.04. The summed E-state index contributed by atoms with van der Waals surface area (Å²) in [6.07, 6.45) is -0.341. The van der Waals surface area contributed by atoms with Gasteiger partial charge < -0.3 is 16.8 Å². The number of nitrogens with two attached hydrogens (primary N) is 2. The summed E-state index contributed by atoms with van der Waals surface area (Å²) in [4.78, 5) is 0. The summed E-state index contributed by atoms with van der Waals surface area (Å²) in [5, 5.41) is 4.27. The fourth-order valence-electron chi connectivity index (χ4n) is 2.44. The Morgan fingerprint density at radius 2 is 1.38 bits per heavy atom. The molecule has 3 aromatic carbocycles.